The summed E-state index contributed by atoms with van der Waals surface area (Å²) >= 11 is 1.66. The van der Waals surface area contributed by atoms with Crippen LogP contribution in [0.4, 0.5) is 16.2 Å². The number of nitrogens with two attached hydrogens (primary N) is 1. The number of fused-ring (bicyclic) bond motifs is 2. The van der Waals surface area contributed by atoms with E-state index in [1.54, 1.807) is 16.2 Å². The van der Waals surface area contributed by atoms with E-state index < -0.39 is 0 Å². The number of para-hydroxylation sites is 1. The number of urea groups is 1. The van der Waals surface area contributed by atoms with E-state index in [0.29, 0.717) is 6.54 Å². The maximum Gasteiger partial charge on any atom is 0.319 e. The molecule has 2 aromatic carbocycles. The first kappa shape index (κ1) is 22.0. The fraction of sp³-hybridized carbons (Fsp3) is 0.423. The van der Waals surface area contributed by atoms with Gasteiger partial charge >= 0.3 is 6.03 Å². The number of thiophene rings is 1. The van der Waals surface area contributed by atoms with Gasteiger partial charge in [-0.25, -0.2) is 4.79 Å². The number of nitrogens with zero attached hydrogens (tertiary/aromatic N) is 3. The van der Waals surface area contributed by atoms with Crippen molar-refractivity contribution in [2.45, 2.75) is 25.7 Å². The molecule has 0 saturated carbocycles. The minimum absolute atomic E-state index is 0.374. The van der Waals surface area contributed by atoms with Crippen LogP contribution < -0.4 is 20.3 Å². The summed E-state index contributed by atoms with van der Waals surface area (Å²) < 4.78 is 7.11. The van der Waals surface area contributed by atoms with Gasteiger partial charge in [0, 0.05) is 48.1 Å². The lowest BCUT2D eigenvalue weighted by Crippen LogP contribution is -2.37. The Kier molecular flexibility index (Phi) is 6.69. The second kappa shape index (κ2) is 10.0. The van der Waals surface area contributed by atoms with Crippen LogP contribution in [0.1, 0.15) is 24.8 Å². The zero-order valence-corrected chi connectivity index (χ0v) is 19.9. The molecule has 0 atom stereocenters. The maximum absolute atomic E-state index is 12.2. The monoisotopic (exact) mass is 464 g/mol. The molecule has 0 spiro atoms. The molecule has 0 radical (unpaired) electrons. The van der Waals surface area contributed by atoms with Crippen LogP contribution in [0.25, 0.3) is 10.1 Å². The van der Waals surface area contributed by atoms with E-state index >= 15 is 0 Å². The summed E-state index contributed by atoms with van der Waals surface area (Å²) in [7, 11) is 0. The lowest BCUT2D eigenvalue weighted by molar-refractivity contribution is 0.253. The minimum atomic E-state index is -0.374. The first-order valence-electron chi connectivity index (χ1n) is 12.0. The van der Waals surface area contributed by atoms with Crippen LogP contribution in [0.5, 0.6) is 5.75 Å². The molecule has 2 aliphatic rings. The highest BCUT2D eigenvalue weighted by atomic mass is 32.1. The summed E-state index contributed by atoms with van der Waals surface area (Å²) in [6.07, 6.45) is 4.16. The lowest BCUT2D eigenvalue weighted by atomic mass is 10.1. The van der Waals surface area contributed by atoms with Gasteiger partial charge in [0.1, 0.15) is 5.75 Å². The number of anilines is 2. The van der Waals surface area contributed by atoms with E-state index in [1.807, 2.05) is 17.5 Å². The van der Waals surface area contributed by atoms with Gasteiger partial charge in [0.15, 0.2) is 0 Å². The molecule has 2 N–H and O–H groups in total. The molecule has 174 valence electrons. The highest BCUT2D eigenvalue weighted by Crippen LogP contribution is 2.36. The van der Waals surface area contributed by atoms with Crippen molar-refractivity contribution >= 4 is 38.8 Å². The van der Waals surface area contributed by atoms with Crippen molar-refractivity contribution in [3.05, 3.63) is 53.4 Å². The van der Waals surface area contributed by atoms with Crippen molar-refractivity contribution in [2.75, 3.05) is 55.7 Å². The SMILES string of the molecule is NC(=O)N(CCCCN1CCCN(c2cccc3c2OCC3)CC1)c1csc2ccccc12. The number of ether oxygens (including phenoxy) is 1. The van der Waals surface area contributed by atoms with Crippen molar-refractivity contribution in [1.29, 1.82) is 0 Å². The van der Waals surface area contributed by atoms with Gasteiger partial charge in [-0.05, 0) is 50.0 Å². The zero-order valence-electron chi connectivity index (χ0n) is 19.0. The molecule has 2 amide bonds. The molecule has 3 aromatic rings. The lowest BCUT2D eigenvalue weighted by Gasteiger charge is -2.25. The number of hydrogen-bond acceptors (Lipinski definition) is 5. The molecular weight excluding hydrogens is 432 g/mol. The van der Waals surface area contributed by atoms with E-state index in [-0.39, 0.29) is 6.03 Å². The Morgan fingerprint density at radius 3 is 2.88 bits per heavy atom. The van der Waals surface area contributed by atoms with Gasteiger partial charge in [-0.1, -0.05) is 30.3 Å². The minimum Gasteiger partial charge on any atom is -0.491 e. The molecule has 0 bridgehead atoms. The molecule has 33 heavy (non-hydrogen) atoms. The average Bonchev–Trinajstić information content (AvgIpc) is 3.41. The molecule has 6 nitrogen and oxygen atoms in total. The Balaban J connectivity index is 1.13. The van der Waals surface area contributed by atoms with Gasteiger partial charge < -0.3 is 20.3 Å². The van der Waals surface area contributed by atoms with Crippen molar-refractivity contribution in [3.8, 4) is 5.75 Å². The average molecular weight is 465 g/mol. The Morgan fingerprint density at radius 2 is 1.97 bits per heavy atom. The quantitative estimate of drug-likeness (QED) is 0.514. The van der Waals surface area contributed by atoms with Gasteiger partial charge in [-0.3, -0.25) is 4.90 Å². The van der Waals surface area contributed by atoms with Crippen LogP contribution in [-0.2, 0) is 6.42 Å². The van der Waals surface area contributed by atoms with Crippen LogP contribution in [0.15, 0.2) is 47.8 Å². The molecule has 2 aliphatic heterocycles. The molecule has 5 rings (SSSR count). The third kappa shape index (κ3) is 4.80. The standard InChI is InChI=1S/C26H32N4O2S/c27-26(31)30(23-19-33-24-10-2-1-8-21(23)24)15-4-3-12-28-13-6-14-29(17-16-28)22-9-5-7-20-11-18-32-25(20)22/h1-2,5,7-10,19H,3-4,6,11-18H2,(H2,27,31). The fourth-order valence-electron chi connectivity index (χ4n) is 5.01. The Hall–Kier alpha value is -2.77. The largest absolute Gasteiger partial charge is 0.491 e. The van der Waals surface area contributed by atoms with Gasteiger partial charge in [0.2, 0.25) is 0 Å². The normalized spacial score (nSPS) is 16.4. The van der Waals surface area contributed by atoms with E-state index in [9.17, 15) is 4.79 Å². The number of hydrogen-bond donors (Lipinski definition) is 1. The van der Waals surface area contributed by atoms with E-state index in [1.165, 1.54) is 16.0 Å². The molecule has 3 heterocycles. The van der Waals surface area contributed by atoms with Gasteiger partial charge in [-0.15, -0.1) is 11.3 Å². The van der Waals surface area contributed by atoms with E-state index in [0.717, 1.165) is 81.8 Å². The topological polar surface area (TPSA) is 62.0 Å². The second-order valence-electron chi connectivity index (χ2n) is 8.86. The molecule has 0 aliphatic carbocycles. The summed E-state index contributed by atoms with van der Waals surface area (Å²) in [6.45, 7) is 6.76. The van der Waals surface area contributed by atoms with Crippen molar-refractivity contribution in [1.82, 2.24) is 4.90 Å². The number of rotatable bonds is 7. The molecule has 1 fully saturated rings. The van der Waals surface area contributed by atoms with Crippen molar-refractivity contribution < 1.29 is 9.53 Å². The predicted molar refractivity (Wildman–Crippen MR) is 137 cm³/mol. The smallest absolute Gasteiger partial charge is 0.319 e. The first-order chi connectivity index (χ1) is 16.2. The second-order valence-corrected chi connectivity index (χ2v) is 9.77. The van der Waals surface area contributed by atoms with Crippen LogP contribution in [0, 0.1) is 0 Å². The summed E-state index contributed by atoms with van der Waals surface area (Å²) in [4.78, 5) is 18.9. The number of primary amides is 1. The van der Waals surface area contributed by atoms with E-state index in [4.69, 9.17) is 10.5 Å². The predicted octanol–water partition coefficient (Wildman–Crippen LogP) is 4.71. The molecule has 7 heteroatoms. The summed E-state index contributed by atoms with van der Waals surface area (Å²) in [6, 6.07) is 14.4. The van der Waals surface area contributed by atoms with Gasteiger partial charge in [0.05, 0.1) is 18.0 Å². The zero-order chi connectivity index (χ0) is 22.6. The first-order valence-corrected chi connectivity index (χ1v) is 12.8. The molecular formula is C26H32N4O2S. The highest BCUT2D eigenvalue weighted by molar-refractivity contribution is 7.17. The molecule has 1 aromatic heterocycles. The number of carbonyl (C=O) groups excluding carboxylic acids is 1. The Labute approximate surface area is 199 Å². The third-order valence-corrected chi connectivity index (χ3v) is 7.70. The Morgan fingerprint density at radius 1 is 1.06 bits per heavy atom. The summed E-state index contributed by atoms with van der Waals surface area (Å²) in [5.41, 5.74) is 9.27. The molecule has 1 saturated heterocycles. The summed E-state index contributed by atoms with van der Waals surface area (Å²) in [5.74, 6) is 1.10. The van der Waals surface area contributed by atoms with Crippen LogP contribution >= 0.6 is 11.3 Å². The fourth-order valence-corrected chi connectivity index (χ4v) is 5.96. The Bertz CT molecular complexity index is 1110. The third-order valence-electron chi connectivity index (χ3n) is 6.75. The number of amides is 2. The number of benzene rings is 2. The van der Waals surface area contributed by atoms with Crippen LogP contribution in [0.3, 0.4) is 0 Å². The maximum atomic E-state index is 12.2. The van der Waals surface area contributed by atoms with Crippen LogP contribution in [-0.4, -0.2) is 56.8 Å². The van der Waals surface area contributed by atoms with E-state index in [2.05, 4.69) is 40.1 Å². The van der Waals surface area contributed by atoms with Gasteiger partial charge in [0.25, 0.3) is 0 Å². The van der Waals surface area contributed by atoms with Crippen LogP contribution in [0.2, 0.25) is 0 Å². The number of carbonyl (C=O) groups is 1. The number of unbranched alkanes of at least 4 members (excludes halogenated alkanes) is 1. The van der Waals surface area contributed by atoms with Crippen molar-refractivity contribution in [2.24, 2.45) is 5.73 Å². The highest BCUT2D eigenvalue weighted by Gasteiger charge is 2.22. The summed E-state index contributed by atoms with van der Waals surface area (Å²) in [5, 5.41) is 3.15. The molecule has 0 unspecified atom stereocenters. The van der Waals surface area contributed by atoms with Crippen molar-refractivity contribution in [3.63, 3.8) is 0 Å². The van der Waals surface area contributed by atoms with Gasteiger partial charge in [-0.2, -0.15) is 0 Å².